The number of rotatable bonds is 5. The Morgan fingerprint density at radius 3 is 2.70 bits per heavy atom. The maximum absolute atomic E-state index is 4.54. The first-order valence-corrected chi connectivity index (χ1v) is 7.44. The summed E-state index contributed by atoms with van der Waals surface area (Å²) in [7, 11) is 0. The highest BCUT2D eigenvalue weighted by molar-refractivity contribution is 5.30. The highest BCUT2D eigenvalue weighted by Crippen LogP contribution is 2.20. The molecule has 1 aliphatic rings. The van der Waals surface area contributed by atoms with Gasteiger partial charge in [0.25, 0.3) is 0 Å². The van der Waals surface area contributed by atoms with Crippen molar-refractivity contribution in [1.82, 2.24) is 15.1 Å². The van der Waals surface area contributed by atoms with Crippen LogP contribution in [0.5, 0.6) is 0 Å². The summed E-state index contributed by atoms with van der Waals surface area (Å²) in [4.78, 5) is 0. The number of hydrogen-bond acceptors (Lipinski definition) is 2. The van der Waals surface area contributed by atoms with Crippen molar-refractivity contribution in [2.24, 2.45) is 0 Å². The average Bonchev–Trinajstić information content (AvgIpc) is 3.19. The van der Waals surface area contributed by atoms with Gasteiger partial charge in [0.05, 0.1) is 12.7 Å². The van der Waals surface area contributed by atoms with Gasteiger partial charge in [0.1, 0.15) is 0 Å². The van der Waals surface area contributed by atoms with Crippen LogP contribution in [0, 0.1) is 20.8 Å². The molecule has 3 rings (SSSR count). The number of benzene rings is 1. The highest BCUT2D eigenvalue weighted by atomic mass is 15.3. The molecule has 20 heavy (non-hydrogen) atoms. The molecule has 0 saturated heterocycles. The SMILES string of the molecule is Cc1ccc(Cn2ncc(CNC3CC3)c2C)cc1C. The minimum absolute atomic E-state index is 0.748. The monoisotopic (exact) mass is 269 g/mol. The van der Waals surface area contributed by atoms with Gasteiger partial charge in [-0.15, -0.1) is 0 Å². The zero-order valence-corrected chi connectivity index (χ0v) is 12.6. The normalized spacial score (nSPS) is 14.8. The summed E-state index contributed by atoms with van der Waals surface area (Å²) in [6, 6.07) is 7.40. The van der Waals surface area contributed by atoms with Crippen LogP contribution in [0.2, 0.25) is 0 Å². The lowest BCUT2D eigenvalue weighted by molar-refractivity contribution is 0.653. The van der Waals surface area contributed by atoms with Crippen molar-refractivity contribution in [3.05, 3.63) is 52.3 Å². The van der Waals surface area contributed by atoms with Gasteiger partial charge in [0, 0.05) is 23.8 Å². The maximum atomic E-state index is 4.54. The maximum Gasteiger partial charge on any atom is 0.0662 e. The smallest absolute Gasteiger partial charge is 0.0662 e. The first-order chi connectivity index (χ1) is 9.63. The van der Waals surface area contributed by atoms with Gasteiger partial charge < -0.3 is 5.32 Å². The molecule has 106 valence electrons. The molecule has 0 radical (unpaired) electrons. The predicted octanol–water partition coefficient (Wildman–Crippen LogP) is 3.11. The van der Waals surface area contributed by atoms with Crippen LogP contribution >= 0.6 is 0 Å². The third kappa shape index (κ3) is 2.93. The highest BCUT2D eigenvalue weighted by Gasteiger charge is 2.20. The molecule has 3 heteroatoms. The molecule has 0 atom stereocenters. The lowest BCUT2D eigenvalue weighted by atomic mass is 10.1. The van der Waals surface area contributed by atoms with E-state index in [1.165, 1.54) is 40.8 Å². The summed E-state index contributed by atoms with van der Waals surface area (Å²) >= 11 is 0. The van der Waals surface area contributed by atoms with Crippen molar-refractivity contribution in [3.8, 4) is 0 Å². The number of aromatic nitrogens is 2. The third-order valence-corrected chi connectivity index (χ3v) is 4.27. The third-order valence-electron chi connectivity index (χ3n) is 4.27. The summed E-state index contributed by atoms with van der Waals surface area (Å²) in [5.74, 6) is 0. The summed E-state index contributed by atoms with van der Waals surface area (Å²) in [6.45, 7) is 8.29. The predicted molar refractivity (Wildman–Crippen MR) is 81.8 cm³/mol. The van der Waals surface area contributed by atoms with Crippen molar-refractivity contribution < 1.29 is 0 Å². The topological polar surface area (TPSA) is 29.9 Å². The molecular formula is C17H23N3. The fraction of sp³-hybridized carbons (Fsp3) is 0.471. The molecule has 1 fully saturated rings. The number of nitrogens with one attached hydrogen (secondary N) is 1. The molecule has 0 amide bonds. The minimum Gasteiger partial charge on any atom is -0.310 e. The fourth-order valence-electron chi connectivity index (χ4n) is 2.43. The van der Waals surface area contributed by atoms with Crippen molar-refractivity contribution in [2.75, 3.05) is 0 Å². The zero-order chi connectivity index (χ0) is 14.1. The van der Waals surface area contributed by atoms with Gasteiger partial charge in [-0.25, -0.2) is 0 Å². The first kappa shape index (κ1) is 13.4. The summed E-state index contributed by atoms with van der Waals surface area (Å²) in [6.07, 6.45) is 4.66. The molecule has 0 aliphatic heterocycles. The quantitative estimate of drug-likeness (QED) is 0.904. The van der Waals surface area contributed by atoms with Crippen LogP contribution in [-0.4, -0.2) is 15.8 Å². The number of hydrogen-bond donors (Lipinski definition) is 1. The van der Waals surface area contributed by atoms with E-state index in [0.29, 0.717) is 0 Å². The molecule has 2 aromatic rings. The molecule has 1 aliphatic carbocycles. The van der Waals surface area contributed by atoms with Crippen LogP contribution < -0.4 is 5.32 Å². The summed E-state index contributed by atoms with van der Waals surface area (Å²) < 4.78 is 2.11. The molecule has 3 nitrogen and oxygen atoms in total. The van der Waals surface area contributed by atoms with Crippen LogP contribution in [-0.2, 0) is 13.1 Å². The van der Waals surface area contributed by atoms with Gasteiger partial charge in [-0.1, -0.05) is 18.2 Å². The van der Waals surface area contributed by atoms with Crippen molar-refractivity contribution in [3.63, 3.8) is 0 Å². The van der Waals surface area contributed by atoms with E-state index >= 15 is 0 Å². The largest absolute Gasteiger partial charge is 0.310 e. The van der Waals surface area contributed by atoms with E-state index in [-0.39, 0.29) is 0 Å². The van der Waals surface area contributed by atoms with Gasteiger partial charge in [0.15, 0.2) is 0 Å². The van der Waals surface area contributed by atoms with E-state index in [0.717, 1.165) is 19.1 Å². The van der Waals surface area contributed by atoms with E-state index < -0.39 is 0 Å². The van der Waals surface area contributed by atoms with Gasteiger partial charge in [-0.2, -0.15) is 5.10 Å². The lowest BCUT2D eigenvalue weighted by Gasteiger charge is -2.08. The van der Waals surface area contributed by atoms with E-state index in [1.807, 2.05) is 6.20 Å². The van der Waals surface area contributed by atoms with Crippen LogP contribution in [0.25, 0.3) is 0 Å². The molecule has 0 unspecified atom stereocenters. The second-order valence-electron chi connectivity index (χ2n) is 5.99. The van der Waals surface area contributed by atoms with Crippen LogP contribution in [0.1, 0.15) is 40.8 Å². The molecule has 1 saturated carbocycles. The van der Waals surface area contributed by atoms with Crippen molar-refractivity contribution in [1.29, 1.82) is 0 Å². The second kappa shape index (κ2) is 5.41. The zero-order valence-electron chi connectivity index (χ0n) is 12.6. The average molecular weight is 269 g/mol. The molecule has 0 spiro atoms. The Kier molecular flexibility index (Phi) is 3.62. The lowest BCUT2D eigenvalue weighted by Crippen LogP contribution is -2.16. The van der Waals surface area contributed by atoms with E-state index in [2.05, 4.69) is 54.1 Å². The Balaban J connectivity index is 1.71. The van der Waals surface area contributed by atoms with Crippen LogP contribution in [0.15, 0.2) is 24.4 Å². The van der Waals surface area contributed by atoms with E-state index in [1.54, 1.807) is 0 Å². The Bertz CT molecular complexity index is 609. The molecule has 0 bridgehead atoms. The molecule has 1 heterocycles. The van der Waals surface area contributed by atoms with Gasteiger partial charge in [-0.05, 0) is 50.3 Å². The van der Waals surface area contributed by atoms with Crippen LogP contribution in [0.3, 0.4) is 0 Å². The Hall–Kier alpha value is -1.61. The van der Waals surface area contributed by atoms with E-state index in [9.17, 15) is 0 Å². The van der Waals surface area contributed by atoms with Gasteiger partial charge in [-0.3, -0.25) is 4.68 Å². The van der Waals surface area contributed by atoms with Gasteiger partial charge in [0.2, 0.25) is 0 Å². The Morgan fingerprint density at radius 1 is 1.20 bits per heavy atom. The van der Waals surface area contributed by atoms with Crippen molar-refractivity contribution in [2.45, 2.75) is 52.7 Å². The van der Waals surface area contributed by atoms with E-state index in [4.69, 9.17) is 0 Å². The molecule has 1 N–H and O–H groups in total. The fourth-order valence-corrected chi connectivity index (χ4v) is 2.43. The standard InChI is InChI=1S/C17H23N3/c1-12-4-5-15(8-13(12)2)11-20-14(3)16(10-19-20)9-18-17-6-7-17/h4-5,8,10,17-18H,6-7,9,11H2,1-3H3. The number of nitrogens with zero attached hydrogens (tertiary/aromatic N) is 2. The molecule has 1 aromatic carbocycles. The Morgan fingerprint density at radius 2 is 2.00 bits per heavy atom. The minimum atomic E-state index is 0.748. The molecular weight excluding hydrogens is 246 g/mol. The second-order valence-corrected chi connectivity index (χ2v) is 5.99. The summed E-state index contributed by atoms with van der Waals surface area (Å²) in [5.41, 5.74) is 6.61. The number of aryl methyl sites for hydroxylation is 2. The van der Waals surface area contributed by atoms with Gasteiger partial charge >= 0.3 is 0 Å². The van der Waals surface area contributed by atoms with Crippen LogP contribution in [0.4, 0.5) is 0 Å². The Labute approximate surface area is 121 Å². The first-order valence-electron chi connectivity index (χ1n) is 7.44. The van der Waals surface area contributed by atoms with Crippen molar-refractivity contribution >= 4 is 0 Å². The summed E-state index contributed by atoms with van der Waals surface area (Å²) in [5, 5.41) is 8.09. The molecule has 1 aromatic heterocycles.